The molecule has 0 saturated carbocycles. The molecule has 0 bridgehead atoms. The molecule has 0 aliphatic heterocycles. The third-order valence-electron chi connectivity index (χ3n) is 3.95. The lowest BCUT2D eigenvalue weighted by molar-refractivity contribution is -0.123. The largest absolute Gasteiger partial charge is 0.483 e. The first-order valence-corrected chi connectivity index (χ1v) is 7.93. The Morgan fingerprint density at radius 2 is 1.83 bits per heavy atom. The summed E-state index contributed by atoms with van der Waals surface area (Å²) in [5.74, 6) is 0.613. The Balaban J connectivity index is 1.58. The lowest BCUT2D eigenvalue weighted by Crippen LogP contribution is -2.28. The molecule has 0 unspecified atom stereocenters. The van der Waals surface area contributed by atoms with Gasteiger partial charge in [-0.25, -0.2) is 4.98 Å². The Morgan fingerprint density at radius 3 is 2.54 bits per heavy atom. The highest BCUT2D eigenvalue weighted by atomic mass is 16.5. The number of hydrogen-bond donors (Lipinski definition) is 1. The molecule has 1 N–H and O–H groups in total. The minimum atomic E-state index is -0.161. The van der Waals surface area contributed by atoms with Crippen LogP contribution in [0.5, 0.6) is 5.75 Å². The van der Waals surface area contributed by atoms with Gasteiger partial charge in [-0.3, -0.25) is 4.79 Å². The highest BCUT2D eigenvalue weighted by molar-refractivity contribution is 5.77. The van der Waals surface area contributed by atoms with Gasteiger partial charge in [0.1, 0.15) is 11.4 Å². The van der Waals surface area contributed by atoms with Gasteiger partial charge >= 0.3 is 0 Å². The van der Waals surface area contributed by atoms with Crippen molar-refractivity contribution in [2.75, 3.05) is 6.61 Å². The van der Waals surface area contributed by atoms with Gasteiger partial charge in [-0.15, -0.1) is 0 Å². The molecule has 1 amide bonds. The number of amides is 1. The van der Waals surface area contributed by atoms with E-state index >= 15 is 0 Å². The van der Waals surface area contributed by atoms with Gasteiger partial charge in [0.15, 0.2) is 6.61 Å². The third kappa shape index (κ3) is 3.40. The highest BCUT2D eigenvalue weighted by Gasteiger charge is 2.09. The Hall–Kier alpha value is -2.82. The molecule has 5 heteroatoms. The van der Waals surface area contributed by atoms with Crippen LogP contribution in [-0.4, -0.2) is 21.9 Å². The Bertz CT molecular complexity index is 863. The molecule has 0 spiro atoms. The maximum atomic E-state index is 12.0. The van der Waals surface area contributed by atoms with Crippen LogP contribution in [0.25, 0.3) is 5.65 Å². The molecule has 2 aromatic heterocycles. The van der Waals surface area contributed by atoms with Crippen LogP contribution in [0.2, 0.25) is 0 Å². The predicted octanol–water partition coefficient (Wildman–Crippen LogP) is 2.95. The number of hydrogen-bond acceptors (Lipinski definition) is 3. The first-order chi connectivity index (χ1) is 11.5. The molecule has 0 saturated heterocycles. The number of carbonyl (C=O) groups is 1. The van der Waals surface area contributed by atoms with Crippen LogP contribution < -0.4 is 10.1 Å². The summed E-state index contributed by atoms with van der Waals surface area (Å²) in [5, 5.41) is 2.85. The van der Waals surface area contributed by atoms with Crippen molar-refractivity contribution in [2.24, 2.45) is 0 Å². The van der Waals surface area contributed by atoms with Crippen molar-refractivity contribution in [3.63, 3.8) is 0 Å². The SMILES string of the molecule is Cc1cccc(C)c1OCC(=O)NCc1cn2cccc(C)c2n1. The molecule has 0 fully saturated rings. The molecule has 5 nitrogen and oxygen atoms in total. The molecule has 124 valence electrons. The molecule has 0 aliphatic carbocycles. The summed E-state index contributed by atoms with van der Waals surface area (Å²) in [6, 6.07) is 9.91. The average Bonchev–Trinajstić information content (AvgIpc) is 2.97. The van der Waals surface area contributed by atoms with Gasteiger partial charge in [-0.05, 0) is 43.5 Å². The van der Waals surface area contributed by atoms with Gasteiger partial charge in [0.2, 0.25) is 0 Å². The quantitative estimate of drug-likeness (QED) is 0.785. The van der Waals surface area contributed by atoms with Crippen molar-refractivity contribution in [1.29, 1.82) is 0 Å². The van der Waals surface area contributed by atoms with Crippen molar-refractivity contribution < 1.29 is 9.53 Å². The molecular weight excluding hydrogens is 302 g/mol. The first kappa shape index (κ1) is 16.1. The Labute approximate surface area is 141 Å². The van der Waals surface area contributed by atoms with Crippen LogP contribution in [0.4, 0.5) is 0 Å². The third-order valence-corrected chi connectivity index (χ3v) is 3.95. The van der Waals surface area contributed by atoms with E-state index in [1.165, 1.54) is 0 Å². The van der Waals surface area contributed by atoms with E-state index in [0.29, 0.717) is 6.54 Å². The molecule has 3 rings (SSSR count). The summed E-state index contributed by atoms with van der Waals surface area (Å²) < 4.78 is 7.62. The summed E-state index contributed by atoms with van der Waals surface area (Å²) in [6.07, 6.45) is 3.87. The van der Waals surface area contributed by atoms with E-state index in [4.69, 9.17) is 4.74 Å². The number of rotatable bonds is 5. The number of pyridine rings is 1. The number of benzene rings is 1. The number of nitrogens with zero attached hydrogens (tertiary/aromatic N) is 2. The molecule has 0 radical (unpaired) electrons. The van der Waals surface area contributed by atoms with Crippen molar-refractivity contribution in [1.82, 2.24) is 14.7 Å². The van der Waals surface area contributed by atoms with Gasteiger partial charge in [0, 0.05) is 12.4 Å². The second kappa shape index (κ2) is 6.74. The molecule has 0 atom stereocenters. The fourth-order valence-electron chi connectivity index (χ4n) is 2.69. The number of ether oxygens (including phenoxy) is 1. The zero-order valence-electron chi connectivity index (χ0n) is 14.2. The van der Waals surface area contributed by atoms with E-state index < -0.39 is 0 Å². The van der Waals surface area contributed by atoms with Crippen molar-refractivity contribution in [3.8, 4) is 5.75 Å². The Kier molecular flexibility index (Phi) is 4.51. The minimum absolute atomic E-state index is 0.00189. The van der Waals surface area contributed by atoms with E-state index in [1.54, 1.807) is 0 Å². The van der Waals surface area contributed by atoms with Gasteiger partial charge in [0.05, 0.1) is 12.2 Å². The van der Waals surface area contributed by atoms with E-state index in [1.807, 2.05) is 67.9 Å². The summed E-state index contributed by atoms with van der Waals surface area (Å²) in [4.78, 5) is 16.6. The fourth-order valence-corrected chi connectivity index (χ4v) is 2.69. The number of carbonyl (C=O) groups excluding carboxylic acids is 1. The van der Waals surface area contributed by atoms with Crippen LogP contribution in [0, 0.1) is 20.8 Å². The van der Waals surface area contributed by atoms with Crippen molar-refractivity contribution in [2.45, 2.75) is 27.3 Å². The number of nitrogens with one attached hydrogen (secondary N) is 1. The van der Waals surface area contributed by atoms with E-state index in [9.17, 15) is 4.79 Å². The maximum absolute atomic E-state index is 12.0. The molecule has 0 aliphatic rings. The number of aryl methyl sites for hydroxylation is 3. The first-order valence-electron chi connectivity index (χ1n) is 7.93. The topological polar surface area (TPSA) is 55.6 Å². The highest BCUT2D eigenvalue weighted by Crippen LogP contribution is 2.22. The zero-order valence-corrected chi connectivity index (χ0v) is 14.2. The standard InChI is InChI=1S/C19H21N3O2/c1-13-6-4-7-14(2)18(13)24-12-17(23)20-10-16-11-22-9-5-8-15(3)19(22)21-16/h4-9,11H,10,12H2,1-3H3,(H,20,23). The number of fused-ring (bicyclic) bond motifs is 1. The average molecular weight is 323 g/mol. The predicted molar refractivity (Wildman–Crippen MR) is 93.2 cm³/mol. The van der Waals surface area contributed by atoms with Crippen LogP contribution in [-0.2, 0) is 11.3 Å². The number of para-hydroxylation sites is 1. The molecule has 3 aromatic rings. The van der Waals surface area contributed by atoms with Gasteiger partial charge in [-0.1, -0.05) is 24.3 Å². The van der Waals surface area contributed by atoms with Crippen LogP contribution in [0.1, 0.15) is 22.4 Å². The second-order valence-electron chi connectivity index (χ2n) is 5.94. The number of aromatic nitrogens is 2. The molecule has 2 heterocycles. The van der Waals surface area contributed by atoms with E-state index in [-0.39, 0.29) is 12.5 Å². The molecule has 1 aromatic carbocycles. The van der Waals surface area contributed by atoms with Crippen LogP contribution >= 0.6 is 0 Å². The van der Waals surface area contributed by atoms with E-state index in [2.05, 4.69) is 10.3 Å². The fraction of sp³-hybridized carbons (Fsp3) is 0.263. The normalized spacial score (nSPS) is 10.8. The molecule has 24 heavy (non-hydrogen) atoms. The van der Waals surface area contributed by atoms with Gasteiger partial charge in [0.25, 0.3) is 5.91 Å². The summed E-state index contributed by atoms with van der Waals surface area (Å²) >= 11 is 0. The van der Waals surface area contributed by atoms with Gasteiger partial charge < -0.3 is 14.5 Å². The van der Waals surface area contributed by atoms with Crippen molar-refractivity contribution in [3.05, 3.63) is 65.1 Å². The monoisotopic (exact) mass is 323 g/mol. The summed E-state index contributed by atoms with van der Waals surface area (Å²) in [7, 11) is 0. The van der Waals surface area contributed by atoms with E-state index in [0.717, 1.165) is 33.8 Å². The summed E-state index contributed by atoms with van der Waals surface area (Å²) in [6.45, 7) is 6.34. The summed E-state index contributed by atoms with van der Waals surface area (Å²) in [5.41, 5.74) is 4.89. The lowest BCUT2D eigenvalue weighted by Gasteiger charge is -2.11. The minimum Gasteiger partial charge on any atom is -0.483 e. The lowest BCUT2D eigenvalue weighted by atomic mass is 10.1. The smallest absolute Gasteiger partial charge is 0.258 e. The number of imidazole rings is 1. The Morgan fingerprint density at radius 1 is 1.12 bits per heavy atom. The second-order valence-corrected chi connectivity index (χ2v) is 5.94. The maximum Gasteiger partial charge on any atom is 0.258 e. The zero-order chi connectivity index (χ0) is 17.1. The van der Waals surface area contributed by atoms with Crippen molar-refractivity contribution >= 4 is 11.6 Å². The van der Waals surface area contributed by atoms with Gasteiger partial charge in [-0.2, -0.15) is 0 Å². The van der Waals surface area contributed by atoms with Crippen LogP contribution in [0.3, 0.4) is 0 Å². The van der Waals surface area contributed by atoms with Crippen LogP contribution in [0.15, 0.2) is 42.7 Å². The molecular formula is C19H21N3O2.